The maximum atomic E-state index is 12.0. The molecule has 0 saturated heterocycles. The van der Waals surface area contributed by atoms with E-state index in [0.717, 1.165) is 12.0 Å². The van der Waals surface area contributed by atoms with Gasteiger partial charge in [0.25, 0.3) is 5.91 Å². The molecule has 0 fully saturated rings. The third kappa shape index (κ3) is 4.46. The predicted octanol–water partition coefficient (Wildman–Crippen LogP) is 4.73. The molecule has 112 valence electrons. The van der Waals surface area contributed by atoms with Gasteiger partial charge in [-0.1, -0.05) is 38.1 Å². The average molecular weight is 350 g/mol. The molecular formula is C17H20BrNO2. The lowest BCUT2D eigenvalue weighted by atomic mass is 10.00. The van der Waals surface area contributed by atoms with Crippen LogP contribution in [0.5, 0.6) is 0 Å². The van der Waals surface area contributed by atoms with E-state index >= 15 is 0 Å². The Balaban J connectivity index is 1.99. The molecule has 0 spiro atoms. The molecule has 1 heterocycles. The van der Waals surface area contributed by atoms with E-state index in [2.05, 4.69) is 59.4 Å². The van der Waals surface area contributed by atoms with Gasteiger partial charge in [-0.15, -0.1) is 0 Å². The van der Waals surface area contributed by atoms with E-state index in [1.165, 1.54) is 5.56 Å². The van der Waals surface area contributed by atoms with Gasteiger partial charge in [-0.3, -0.25) is 4.79 Å². The van der Waals surface area contributed by atoms with E-state index in [1.807, 2.05) is 6.92 Å². The molecule has 1 aromatic carbocycles. The molecule has 21 heavy (non-hydrogen) atoms. The molecule has 1 unspecified atom stereocenters. The number of carbonyl (C=O) groups is 1. The Morgan fingerprint density at radius 1 is 1.14 bits per heavy atom. The number of hydrogen-bond donors (Lipinski definition) is 1. The van der Waals surface area contributed by atoms with Crippen molar-refractivity contribution in [3.05, 3.63) is 58.0 Å². The summed E-state index contributed by atoms with van der Waals surface area (Å²) in [6, 6.07) is 11.7. The Morgan fingerprint density at radius 3 is 2.33 bits per heavy atom. The number of benzene rings is 1. The van der Waals surface area contributed by atoms with Crippen LogP contribution in [0.4, 0.5) is 0 Å². The summed E-state index contributed by atoms with van der Waals surface area (Å²) in [4.78, 5) is 12.0. The Kier molecular flexibility index (Phi) is 5.23. The van der Waals surface area contributed by atoms with Crippen molar-refractivity contribution in [3.63, 3.8) is 0 Å². The van der Waals surface area contributed by atoms with E-state index in [-0.39, 0.29) is 11.9 Å². The maximum absolute atomic E-state index is 12.0. The number of rotatable bonds is 5. The molecule has 0 bridgehead atoms. The predicted molar refractivity (Wildman–Crippen MR) is 87.3 cm³/mol. The van der Waals surface area contributed by atoms with E-state index in [0.29, 0.717) is 16.3 Å². The number of amides is 1. The molecule has 0 saturated carbocycles. The van der Waals surface area contributed by atoms with Crippen molar-refractivity contribution in [2.24, 2.45) is 5.92 Å². The molecule has 1 aromatic heterocycles. The lowest BCUT2D eigenvalue weighted by molar-refractivity contribution is 0.0910. The summed E-state index contributed by atoms with van der Waals surface area (Å²) in [5.41, 5.74) is 2.41. The fourth-order valence-corrected chi connectivity index (χ4v) is 2.51. The zero-order valence-electron chi connectivity index (χ0n) is 12.5. The summed E-state index contributed by atoms with van der Waals surface area (Å²) in [7, 11) is 0. The molecule has 0 aliphatic rings. The highest BCUT2D eigenvalue weighted by atomic mass is 79.9. The van der Waals surface area contributed by atoms with Gasteiger partial charge < -0.3 is 9.73 Å². The van der Waals surface area contributed by atoms with E-state index in [9.17, 15) is 4.79 Å². The number of furan rings is 1. The first-order valence-electron chi connectivity index (χ1n) is 7.10. The Hall–Kier alpha value is -1.55. The van der Waals surface area contributed by atoms with Crippen LogP contribution in [0.15, 0.2) is 45.5 Å². The zero-order chi connectivity index (χ0) is 15.4. The number of nitrogens with one attached hydrogen (secondary N) is 1. The zero-order valence-corrected chi connectivity index (χ0v) is 14.1. The summed E-state index contributed by atoms with van der Waals surface area (Å²) in [6.45, 7) is 6.38. The average Bonchev–Trinajstić information content (AvgIpc) is 2.85. The molecule has 2 rings (SSSR count). The summed E-state index contributed by atoms with van der Waals surface area (Å²) < 4.78 is 5.80. The summed E-state index contributed by atoms with van der Waals surface area (Å²) in [5.74, 6) is 0.745. The maximum Gasteiger partial charge on any atom is 0.287 e. The first-order chi connectivity index (χ1) is 9.95. The van der Waals surface area contributed by atoms with Crippen LogP contribution in [-0.4, -0.2) is 5.91 Å². The topological polar surface area (TPSA) is 42.2 Å². The number of carbonyl (C=O) groups excluding carboxylic acids is 1. The molecule has 4 heteroatoms. The van der Waals surface area contributed by atoms with Crippen LogP contribution in [0.3, 0.4) is 0 Å². The first kappa shape index (κ1) is 15.8. The molecule has 2 aromatic rings. The second-order valence-corrected chi connectivity index (χ2v) is 6.42. The SMILES string of the molecule is CC(C)Cc1ccc(C(C)NC(=O)c2ccc(Br)o2)cc1. The molecule has 0 radical (unpaired) electrons. The molecule has 1 amide bonds. The fourth-order valence-electron chi connectivity index (χ4n) is 2.20. The van der Waals surface area contributed by atoms with Crippen molar-refractivity contribution in [2.45, 2.75) is 33.2 Å². The lowest BCUT2D eigenvalue weighted by Gasteiger charge is -2.14. The normalized spacial score (nSPS) is 12.4. The van der Waals surface area contributed by atoms with Crippen molar-refractivity contribution in [1.29, 1.82) is 0 Å². The van der Waals surface area contributed by atoms with Gasteiger partial charge in [-0.2, -0.15) is 0 Å². The fraction of sp³-hybridized carbons (Fsp3) is 0.353. The highest BCUT2D eigenvalue weighted by Gasteiger charge is 2.14. The minimum atomic E-state index is -0.209. The van der Waals surface area contributed by atoms with Crippen molar-refractivity contribution in [3.8, 4) is 0 Å². The summed E-state index contributed by atoms with van der Waals surface area (Å²) in [5, 5.41) is 2.93. The van der Waals surface area contributed by atoms with Crippen molar-refractivity contribution >= 4 is 21.8 Å². The third-order valence-corrected chi connectivity index (χ3v) is 3.69. The number of halogens is 1. The van der Waals surface area contributed by atoms with Gasteiger partial charge in [-0.05, 0) is 58.5 Å². The molecule has 0 aliphatic carbocycles. The Morgan fingerprint density at radius 2 is 1.81 bits per heavy atom. The van der Waals surface area contributed by atoms with Crippen LogP contribution in [-0.2, 0) is 6.42 Å². The molecule has 1 atom stereocenters. The van der Waals surface area contributed by atoms with Crippen LogP contribution in [0.25, 0.3) is 0 Å². The standard InChI is InChI=1S/C17H20BrNO2/c1-11(2)10-13-4-6-14(7-5-13)12(3)19-17(20)15-8-9-16(18)21-15/h4-9,11-12H,10H2,1-3H3,(H,19,20). The highest BCUT2D eigenvalue weighted by Crippen LogP contribution is 2.18. The van der Waals surface area contributed by atoms with Gasteiger partial charge in [0.2, 0.25) is 0 Å². The van der Waals surface area contributed by atoms with Gasteiger partial charge >= 0.3 is 0 Å². The van der Waals surface area contributed by atoms with Gasteiger partial charge in [0.1, 0.15) is 0 Å². The van der Waals surface area contributed by atoms with Crippen LogP contribution in [0.2, 0.25) is 0 Å². The van der Waals surface area contributed by atoms with Crippen molar-refractivity contribution in [2.75, 3.05) is 0 Å². The number of hydrogen-bond acceptors (Lipinski definition) is 2. The second kappa shape index (κ2) is 6.94. The van der Waals surface area contributed by atoms with E-state index < -0.39 is 0 Å². The van der Waals surface area contributed by atoms with Crippen LogP contribution in [0, 0.1) is 5.92 Å². The summed E-state index contributed by atoms with van der Waals surface area (Å²) >= 11 is 3.19. The molecular weight excluding hydrogens is 330 g/mol. The van der Waals surface area contributed by atoms with Gasteiger partial charge in [0.05, 0.1) is 6.04 Å². The van der Waals surface area contributed by atoms with Gasteiger partial charge in [0.15, 0.2) is 10.4 Å². The van der Waals surface area contributed by atoms with E-state index in [1.54, 1.807) is 12.1 Å². The van der Waals surface area contributed by atoms with Crippen molar-refractivity contribution in [1.82, 2.24) is 5.32 Å². The van der Waals surface area contributed by atoms with Gasteiger partial charge in [-0.25, -0.2) is 0 Å². The second-order valence-electron chi connectivity index (χ2n) is 5.64. The lowest BCUT2D eigenvalue weighted by Crippen LogP contribution is -2.26. The molecule has 0 aliphatic heterocycles. The van der Waals surface area contributed by atoms with E-state index in [4.69, 9.17) is 4.42 Å². The largest absolute Gasteiger partial charge is 0.444 e. The first-order valence-corrected chi connectivity index (χ1v) is 7.90. The van der Waals surface area contributed by atoms with Crippen molar-refractivity contribution < 1.29 is 9.21 Å². The smallest absolute Gasteiger partial charge is 0.287 e. The third-order valence-electron chi connectivity index (χ3n) is 3.27. The monoisotopic (exact) mass is 349 g/mol. The van der Waals surface area contributed by atoms with Crippen LogP contribution in [0.1, 0.15) is 48.5 Å². The van der Waals surface area contributed by atoms with Gasteiger partial charge in [0, 0.05) is 0 Å². The minimum absolute atomic E-state index is 0.0607. The molecule has 1 N–H and O–H groups in total. The summed E-state index contributed by atoms with van der Waals surface area (Å²) in [6.07, 6.45) is 1.07. The van der Waals surface area contributed by atoms with Crippen LogP contribution >= 0.6 is 15.9 Å². The minimum Gasteiger partial charge on any atom is -0.444 e. The Bertz CT molecular complexity index is 602. The highest BCUT2D eigenvalue weighted by molar-refractivity contribution is 9.10. The molecule has 3 nitrogen and oxygen atoms in total. The quantitative estimate of drug-likeness (QED) is 0.847. The van der Waals surface area contributed by atoms with Crippen LogP contribution < -0.4 is 5.32 Å². The Labute approximate surface area is 133 Å².